The zero-order chi connectivity index (χ0) is 13.8. The summed E-state index contributed by atoms with van der Waals surface area (Å²) in [6.07, 6.45) is -0.245. The summed E-state index contributed by atoms with van der Waals surface area (Å²) in [7, 11) is -1.01. The minimum Gasteiger partial charge on any atom is -0.495 e. The molecule has 0 heterocycles. The number of methoxy groups -OCH3 is 1. The van der Waals surface area contributed by atoms with Crippen LogP contribution in [0.5, 0.6) is 5.75 Å². The number of sulfonamides is 1. The lowest BCUT2D eigenvalue weighted by atomic mass is 10.3. The Morgan fingerprint density at radius 3 is 2.56 bits per heavy atom. The maximum Gasteiger partial charge on any atom is 0.304 e. The van der Waals surface area contributed by atoms with Crippen LogP contribution in [0.15, 0.2) is 29.2 Å². The van der Waals surface area contributed by atoms with Gasteiger partial charge in [-0.15, -0.1) is 0 Å². The van der Waals surface area contributed by atoms with E-state index in [-0.39, 0.29) is 23.6 Å². The molecule has 0 atom stereocenters. The molecular formula is C11H15NO5S. The maximum absolute atomic E-state index is 12.2. The highest BCUT2D eigenvalue weighted by Gasteiger charge is 2.24. The molecule has 0 saturated carbocycles. The average molecular weight is 273 g/mol. The molecule has 0 amide bonds. The van der Waals surface area contributed by atoms with Gasteiger partial charge in [-0.1, -0.05) is 12.1 Å². The number of carboxylic acids is 1. The number of hydrogen-bond acceptors (Lipinski definition) is 4. The first-order chi connectivity index (χ1) is 8.39. The zero-order valence-corrected chi connectivity index (χ0v) is 11.0. The van der Waals surface area contributed by atoms with E-state index in [1.54, 1.807) is 12.1 Å². The molecule has 0 bridgehead atoms. The van der Waals surface area contributed by atoms with Gasteiger partial charge in [-0.25, -0.2) is 12.7 Å². The highest BCUT2D eigenvalue weighted by atomic mass is 32.2. The van der Waals surface area contributed by atoms with Crippen molar-refractivity contribution in [1.82, 2.24) is 4.31 Å². The Morgan fingerprint density at radius 1 is 1.39 bits per heavy atom. The minimum atomic E-state index is -3.73. The first kappa shape index (κ1) is 14.5. The number of nitrogens with zero attached hydrogens (tertiary/aromatic N) is 1. The molecule has 0 aliphatic carbocycles. The molecule has 6 nitrogen and oxygen atoms in total. The summed E-state index contributed by atoms with van der Waals surface area (Å²) >= 11 is 0. The van der Waals surface area contributed by atoms with Gasteiger partial charge in [-0.3, -0.25) is 4.79 Å². The molecule has 100 valence electrons. The Balaban J connectivity index is 3.02. The second-order valence-electron chi connectivity index (χ2n) is 3.62. The highest BCUT2D eigenvalue weighted by molar-refractivity contribution is 7.89. The molecule has 1 N–H and O–H groups in total. The predicted molar refractivity (Wildman–Crippen MR) is 65.1 cm³/mol. The zero-order valence-electron chi connectivity index (χ0n) is 10.2. The van der Waals surface area contributed by atoms with Crippen molar-refractivity contribution in [3.05, 3.63) is 24.3 Å². The number of benzene rings is 1. The molecule has 0 saturated heterocycles. The molecule has 1 aromatic carbocycles. The van der Waals surface area contributed by atoms with E-state index in [0.29, 0.717) is 0 Å². The lowest BCUT2D eigenvalue weighted by molar-refractivity contribution is -0.137. The topological polar surface area (TPSA) is 83.9 Å². The summed E-state index contributed by atoms with van der Waals surface area (Å²) in [5, 5.41) is 8.55. The fourth-order valence-electron chi connectivity index (χ4n) is 1.37. The van der Waals surface area contributed by atoms with Gasteiger partial charge in [0.05, 0.1) is 13.5 Å². The summed E-state index contributed by atoms with van der Waals surface area (Å²) in [5.41, 5.74) is 0. The van der Waals surface area contributed by atoms with Crippen molar-refractivity contribution in [2.45, 2.75) is 11.3 Å². The molecule has 1 rings (SSSR count). The number of rotatable bonds is 6. The summed E-state index contributed by atoms with van der Waals surface area (Å²) < 4.78 is 30.3. The van der Waals surface area contributed by atoms with Crippen LogP contribution in [0.3, 0.4) is 0 Å². The van der Waals surface area contributed by atoms with E-state index in [9.17, 15) is 13.2 Å². The fraction of sp³-hybridized carbons (Fsp3) is 0.364. The largest absolute Gasteiger partial charge is 0.495 e. The van der Waals surface area contributed by atoms with Crippen LogP contribution >= 0.6 is 0 Å². The number of carbonyl (C=O) groups is 1. The molecular weight excluding hydrogens is 258 g/mol. The molecule has 7 heteroatoms. The van der Waals surface area contributed by atoms with Crippen LogP contribution in [0.1, 0.15) is 6.42 Å². The van der Waals surface area contributed by atoms with E-state index < -0.39 is 16.0 Å². The first-order valence-electron chi connectivity index (χ1n) is 5.20. The van der Waals surface area contributed by atoms with Crippen molar-refractivity contribution in [3.8, 4) is 5.75 Å². The van der Waals surface area contributed by atoms with Gasteiger partial charge in [0.25, 0.3) is 0 Å². The van der Waals surface area contributed by atoms with Crippen molar-refractivity contribution in [2.24, 2.45) is 0 Å². The molecule has 18 heavy (non-hydrogen) atoms. The lowest BCUT2D eigenvalue weighted by Crippen LogP contribution is -2.29. The summed E-state index contributed by atoms with van der Waals surface area (Å²) in [4.78, 5) is 10.5. The van der Waals surface area contributed by atoms with Crippen molar-refractivity contribution in [2.75, 3.05) is 20.7 Å². The Kier molecular flexibility index (Phi) is 4.69. The van der Waals surface area contributed by atoms with Gasteiger partial charge in [0, 0.05) is 13.6 Å². The monoisotopic (exact) mass is 273 g/mol. The summed E-state index contributed by atoms with van der Waals surface area (Å²) in [6.45, 7) is -0.0876. The van der Waals surface area contributed by atoms with Crippen LogP contribution in [0.25, 0.3) is 0 Å². The third-order valence-corrected chi connectivity index (χ3v) is 4.29. The number of aliphatic carboxylic acids is 1. The second-order valence-corrected chi connectivity index (χ2v) is 5.63. The second kappa shape index (κ2) is 5.83. The number of ether oxygens (including phenoxy) is 1. The number of para-hydroxylation sites is 1. The molecule has 0 aliphatic rings. The van der Waals surface area contributed by atoms with Crippen molar-refractivity contribution >= 4 is 16.0 Å². The van der Waals surface area contributed by atoms with Gasteiger partial charge < -0.3 is 9.84 Å². The Labute approximate surface area is 106 Å². The summed E-state index contributed by atoms with van der Waals surface area (Å²) in [6, 6.07) is 6.21. The molecule has 0 fully saturated rings. The molecule has 0 aromatic heterocycles. The van der Waals surface area contributed by atoms with Crippen LogP contribution in [-0.2, 0) is 14.8 Å². The third kappa shape index (κ3) is 3.21. The van der Waals surface area contributed by atoms with Crippen molar-refractivity contribution in [3.63, 3.8) is 0 Å². The summed E-state index contributed by atoms with van der Waals surface area (Å²) in [5.74, 6) is -0.809. The molecule has 0 spiro atoms. The highest BCUT2D eigenvalue weighted by Crippen LogP contribution is 2.25. The molecule has 0 unspecified atom stereocenters. The van der Waals surface area contributed by atoms with Crippen LogP contribution in [0.2, 0.25) is 0 Å². The van der Waals surface area contributed by atoms with Gasteiger partial charge in [-0.2, -0.15) is 0 Å². The third-order valence-electron chi connectivity index (χ3n) is 2.40. The Morgan fingerprint density at radius 2 is 2.00 bits per heavy atom. The van der Waals surface area contributed by atoms with Crippen molar-refractivity contribution < 1.29 is 23.1 Å². The SMILES string of the molecule is COc1ccccc1S(=O)(=O)N(C)CCC(=O)O. The number of carboxylic acid groups (broad SMARTS) is 1. The van der Waals surface area contributed by atoms with Gasteiger partial charge >= 0.3 is 5.97 Å². The van der Waals surface area contributed by atoms with E-state index in [1.165, 1.54) is 26.3 Å². The van der Waals surface area contributed by atoms with Crippen LogP contribution < -0.4 is 4.74 Å². The minimum absolute atomic E-state index is 0.0281. The van der Waals surface area contributed by atoms with E-state index in [1.807, 2.05) is 0 Å². The van der Waals surface area contributed by atoms with Gasteiger partial charge in [0.1, 0.15) is 10.6 Å². The quantitative estimate of drug-likeness (QED) is 0.828. The van der Waals surface area contributed by atoms with Crippen LogP contribution in [0.4, 0.5) is 0 Å². The maximum atomic E-state index is 12.2. The number of hydrogen-bond donors (Lipinski definition) is 1. The predicted octanol–water partition coefficient (Wildman–Crippen LogP) is 0.790. The molecule has 0 radical (unpaired) electrons. The van der Waals surface area contributed by atoms with Gasteiger partial charge in [-0.05, 0) is 12.1 Å². The van der Waals surface area contributed by atoms with E-state index in [4.69, 9.17) is 9.84 Å². The standard InChI is InChI=1S/C11H15NO5S/c1-12(8-7-11(13)14)18(15,16)10-6-4-3-5-9(10)17-2/h3-6H,7-8H2,1-2H3,(H,13,14). The smallest absolute Gasteiger partial charge is 0.304 e. The normalized spacial score (nSPS) is 11.5. The fourth-order valence-corrected chi connectivity index (χ4v) is 2.70. The molecule has 0 aliphatic heterocycles. The average Bonchev–Trinajstić information content (AvgIpc) is 2.35. The van der Waals surface area contributed by atoms with Crippen LogP contribution in [0, 0.1) is 0 Å². The lowest BCUT2D eigenvalue weighted by Gasteiger charge is -2.17. The van der Waals surface area contributed by atoms with Crippen LogP contribution in [-0.4, -0.2) is 44.5 Å². The van der Waals surface area contributed by atoms with E-state index in [2.05, 4.69) is 0 Å². The van der Waals surface area contributed by atoms with E-state index >= 15 is 0 Å². The van der Waals surface area contributed by atoms with Gasteiger partial charge in [0.15, 0.2) is 0 Å². The Bertz CT molecular complexity index is 526. The first-order valence-corrected chi connectivity index (χ1v) is 6.64. The molecule has 1 aromatic rings. The van der Waals surface area contributed by atoms with Crippen molar-refractivity contribution in [1.29, 1.82) is 0 Å². The van der Waals surface area contributed by atoms with Gasteiger partial charge in [0.2, 0.25) is 10.0 Å². The van der Waals surface area contributed by atoms with E-state index in [0.717, 1.165) is 4.31 Å². The Hall–Kier alpha value is -1.60.